The molecule has 2 aromatic carbocycles. The Labute approximate surface area is 613 Å². The molecule has 8 rings (SSSR count). The number of morpholine rings is 1. The van der Waals surface area contributed by atoms with E-state index in [1.54, 1.807) is 31.2 Å². The zero-order valence-electron chi connectivity index (χ0n) is 62.1. The van der Waals surface area contributed by atoms with Gasteiger partial charge < -0.3 is 64.8 Å². The second-order valence-corrected chi connectivity index (χ2v) is 30.2. The molecule has 4 heterocycles. The third kappa shape index (κ3) is 19.5. The van der Waals surface area contributed by atoms with Crippen molar-refractivity contribution in [3.8, 4) is 0 Å². The van der Waals surface area contributed by atoms with Gasteiger partial charge in [-0.3, -0.25) is 57.5 Å². The fourth-order valence-corrected chi connectivity index (χ4v) is 15.8. The zero-order valence-corrected chi connectivity index (χ0v) is 62.8. The Bertz CT molecular complexity index is 3510. The number of aryl methyl sites for hydroxylation is 2. The maximum atomic E-state index is 15.7. The number of nitrogens with one attached hydrogen (secondary N) is 3. The van der Waals surface area contributed by atoms with Crippen LogP contribution in [0.15, 0.2) is 54.6 Å². The number of ether oxygens (including phenoxy) is 1. The summed E-state index contributed by atoms with van der Waals surface area (Å²) in [6.07, 6.45) is 2.38. The normalized spacial score (nSPS) is 26.3. The molecule has 3 saturated heterocycles. The molecule has 29 heteroatoms. The minimum absolute atomic E-state index is 0.00756. The van der Waals surface area contributed by atoms with Gasteiger partial charge in [-0.2, -0.15) is 13.2 Å². The van der Waals surface area contributed by atoms with E-state index in [4.69, 9.17) is 16.3 Å². The summed E-state index contributed by atoms with van der Waals surface area (Å²) in [4.78, 5) is 193. The number of hydrogen-bond acceptors (Lipinski definition) is 13. The topological polar surface area (TPSA) is 279 Å². The number of hydrogen-bond donors (Lipinski definition) is 3. The summed E-state index contributed by atoms with van der Waals surface area (Å²) in [6, 6.07) is 0.111. The number of halogens is 4. The highest BCUT2D eigenvalue weighted by molar-refractivity contribution is 6.31. The third-order valence-electron chi connectivity index (χ3n) is 22.0. The summed E-state index contributed by atoms with van der Waals surface area (Å²) in [5.41, 5.74) is -0.831. The molecular formula is C75H106ClF3N12O13. The summed E-state index contributed by atoms with van der Waals surface area (Å²) >= 11 is 6.18. The maximum absolute atomic E-state index is 15.7. The molecule has 6 aliphatic rings. The highest BCUT2D eigenvalue weighted by Crippen LogP contribution is 2.39. The van der Waals surface area contributed by atoms with E-state index in [1.165, 1.54) is 82.7 Å². The fraction of sp³-hybridized carbons (Fsp3) is 0.653. The molecule has 2 bridgehead atoms. The Kier molecular flexibility index (Phi) is 28.0. The monoisotopic (exact) mass is 1470 g/mol. The van der Waals surface area contributed by atoms with Gasteiger partial charge in [0.05, 0.1) is 43.3 Å². The number of likely N-dealkylation sites (N-methyl/N-ethyl adjacent to an activating group) is 6. The van der Waals surface area contributed by atoms with Gasteiger partial charge in [0.15, 0.2) is 0 Å². The Morgan fingerprint density at radius 2 is 1.31 bits per heavy atom. The number of fused-ring (bicyclic) bond motifs is 3. The second-order valence-electron chi connectivity index (χ2n) is 29.8. The van der Waals surface area contributed by atoms with Gasteiger partial charge in [-0.05, 0) is 112 Å². The lowest BCUT2D eigenvalue weighted by Gasteiger charge is -2.42. The summed E-state index contributed by atoms with van der Waals surface area (Å²) in [7, 11) is 8.49. The molecule has 12 amide bonds. The SMILES string of the molecule is CC[C@H](C)[C@@H]1NC(=O)[C@H](CC(C)C)N(C)C(=O)C[C@@H](C(=O)N2CCOCC2)N(C)C(=O)[C@H](C2CCCC2)N(C)C(=O)C2(CCCC2)NC(=O)[C@@H]2CCCN2C(=O)[C@@H](CCc2ccc(C(F)(F)F)c(Cl)c2)NC(=O)CN(C)C(=O)[C@H](Cc2ccc(C)cc2)N2CC=CC[C@@H](C2=O)N(C)C(=O)CN(C)C1=O. The van der Waals surface area contributed by atoms with Crippen LogP contribution in [-0.2, 0) is 81.3 Å². The summed E-state index contributed by atoms with van der Waals surface area (Å²) in [5.74, 6) is -9.21. The van der Waals surface area contributed by atoms with Gasteiger partial charge in [0.25, 0.3) is 0 Å². The second kappa shape index (κ2) is 35.8. The van der Waals surface area contributed by atoms with Crippen LogP contribution in [0.1, 0.15) is 146 Å². The summed E-state index contributed by atoms with van der Waals surface area (Å²) < 4.78 is 47.4. The highest BCUT2D eigenvalue weighted by Gasteiger charge is 2.52. The van der Waals surface area contributed by atoms with Crippen molar-refractivity contribution < 1.29 is 75.4 Å². The summed E-state index contributed by atoms with van der Waals surface area (Å²) in [5, 5.41) is 8.16. The van der Waals surface area contributed by atoms with Gasteiger partial charge in [0.1, 0.15) is 53.9 Å². The number of alkyl halides is 3. The molecule has 0 radical (unpaired) electrons. The molecular weight excluding hydrogens is 1370 g/mol. The lowest BCUT2D eigenvalue weighted by atomic mass is 9.90. The van der Waals surface area contributed by atoms with Crippen LogP contribution in [0.25, 0.3) is 0 Å². The average Bonchev–Trinajstić information content (AvgIpc) is 1.46. The van der Waals surface area contributed by atoms with Crippen molar-refractivity contribution in [1.29, 1.82) is 0 Å². The van der Waals surface area contributed by atoms with Crippen LogP contribution < -0.4 is 16.0 Å². The predicted molar refractivity (Wildman–Crippen MR) is 381 cm³/mol. The van der Waals surface area contributed by atoms with Gasteiger partial charge in [0, 0.05) is 74.9 Å². The number of carbonyl (C=O) groups excluding carboxylic acids is 12. The minimum atomic E-state index is -4.77. The number of carbonyl (C=O) groups is 12. The number of benzene rings is 2. The van der Waals surface area contributed by atoms with Crippen LogP contribution in [0.2, 0.25) is 5.02 Å². The Morgan fingerprint density at radius 1 is 0.663 bits per heavy atom. The molecule has 0 aromatic heterocycles. The van der Waals surface area contributed by atoms with Gasteiger partial charge in [-0.1, -0.05) is 119 Å². The molecule has 25 nitrogen and oxygen atoms in total. The van der Waals surface area contributed by atoms with Gasteiger partial charge in [-0.15, -0.1) is 0 Å². The van der Waals surface area contributed by atoms with E-state index in [0.29, 0.717) is 44.1 Å². The molecule has 2 aliphatic carbocycles. The fourth-order valence-electron chi connectivity index (χ4n) is 15.4. The minimum Gasteiger partial charge on any atom is -0.378 e. The molecule has 5 fully saturated rings. The Hall–Kier alpha value is -8.14. The van der Waals surface area contributed by atoms with E-state index in [-0.39, 0.29) is 102 Å². The van der Waals surface area contributed by atoms with E-state index < -0.39 is 173 Å². The first-order chi connectivity index (χ1) is 49.2. The summed E-state index contributed by atoms with van der Waals surface area (Å²) in [6.45, 7) is 8.52. The van der Waals surface area contributed by atoms with Crippen LogP contribution in [0.4, 0.5) is 13.2 Å². The third-order valence-corrected chi connectivity index (χ3v) is 22.3. The first-order valence-electron chi connectivity index (χ1n) is 36.7. The first-order valence-corrected chi connectivity index (χ1v) is 37.1. The predicted octanol–water partition coefficient (Wildman–Crippen LogP) is 5.16. The standard InChI is InChI=1S/C75H106ClF3N12O13/c1-12-48(5)63-71(101)84(7)45-62(94)85(8)56-22-15-18-34-91(70(56)100)59(42-50-26-24-47(4)25-27-50)68(98)83(6)44-60(92)80-54(31-29-49-28-30-52(53(76)41-49)75(77,78)79)67(97)90-35-19-23-55(90)66(96)82-74(32-16-17-33-74)73(103)88(11)64(51-20-13-14-21-51)72(102)87(10)58(69(99)89-36-38-104-39-37-89)43-61(93)86(9)57(40-46(2)3)65(95)81-63/h15,18,24-28,30,41,46,48,51,54-59,63-64H,12-14,16-17,19-23,29,31-40,42-45H2,1-11H3,(H,80,92)(H,81,95)(H,82,96)/t48-,54+,55-,56-,57-,58-,59-,63-,64-/m0/s1. The van der Waals surface area contributed by atoms with E-state index in [0.717, 1.165) is 40.3 Å². The van der Waals surface area contributed by atoms with Crippen molar-refractivity contribution in [1.82, 2.24) is 60.0 Å². The molecule has 4 aliphatic heterocycles. The molecule has 0 unspecified atom stereocenters. The molecule has 3 N–H and O–H groups in total. The number of nitrogens with zero attached hydrogens (tertiary/aromatic N) is 9. The van der Waals surface area contributed by atoms with Crippen molar-refractivity contribution in [3.05, 3.63) is 81.9 Å². The van der Waals surface area contributed by atoms with E-state index in [1.807, 2.05) is 39.8 Å². The van der Waals surface area contributed by atoms with E-state index >= 15 is 38.4 Å². The maximum Gasteiger partial charge on any atom is 0.417 e. The highest BCUT2D eigenvalue weighted by atomic mass is 35.5. The molecule has 1 spiro atoms. The first kappa shape index (κ1) is 81.5. The Morgan fingerprint density at radius 3 is 1.93 bits per heavy atom. The molecule has 2 aromatic rings. The molecule has 9 atom stereocenters. The van der Waals surface area contributed by atoms with Crippen LogP contribution in [-0.4, -0.2) is 264 Å². The largest absolute Gasteiger partial charge is 0.417 e. The van der Waals surface area contributed by atoms with Crippen molar-refractivity contribution in [2.75, 3.05) is 94.8 Å². The lowest BCUT2D eigenvalue weighted by Crippen LogP contribution is -2.65. The quantitative estimate of drug-likeness (QED) is 0.246. The van der Waals surface area contributed by atoms with Crippen molar-refractivity contribution >= 4 is 82.5 Å². The number of rotatable bonds is 11. The van der Waals surface area contributed by atoms with Crippen LogP contribution in [0.5, 0.6) is 0 Å². The van der Waals surface area contributed by atoms with Crippen molar-refractivity contribution in [3.63, 3.8) is 0 Å². The van der Waals surface area contributed by atoms with E-state index in [9.17, 15) is 32.3 Å². The van der Waals surface area contributed by atoms with Crippen LogP contribution in [0.3, 0.4) is 0 Å². The smallest absolute Gasteiger partial charge is 0.378 e. The van der Waals surface area contributed by atoms with E-state index in [2.05, 4.69) is 16.0 Å². The molecule has 104 heavy (non-hydrogen) atoms. The molecule has 2 saturated carbocycles. The van der Waals surface area contributed by atoms with Crippen molar-refractivity contribution in [2.45, 2.75) is 204 Å². The van der Waals surface area contributed by atoms with Crippen molar-refractivity contribution in [2.24, 2.45) is 17.8 Å². The van der Waals surface area contributed by atoms with Crippen LogP contribution >= 0.6 is 11.6 Å². The number of amides is 12. The van der Waals surface area contributed by atoms with Gasteiger partial charge in [0.2, 0.25) is 70.9 Å². The average molecular weight is 1480 g/mol. The van der Waals surface area contributed by atoms with Crippen LogP contribution in [0, 0.1) is 24.7 Å². The van der Waals surface area contributed by atoms with Gasteiger partial charge in [-0.25, -0.2) is 0 Å². The molecule has 572 valence electrons. The van der Waals surface area contributed by atoms with Gasteiger partial charge >= 0.3 is 6.18 Å². The zero-order chi connectivity index (χ0) is 76.2. The lowest BCUT2D eigenvalue weighted by molar-refractivity contribution is -0.157. The Balaban J connectivity index is 1.20.